The van der Waals surface area contributed by atoms with Crippen LogP contribution in [0.15, 0.2) is 42.5 Å². The van der Waals surface area contributed by atoms with Crippen LogP contribution in [-0.2, 0) is 6.61 Å². The van der Waals surface area contributed by atoms with E-state index in [1.165, 1.54) is 6.07 Å². The summed E-state index contributed by atoms with van der Waals surface area (Å²) in [6, 6.07) is 11.6. The molecule has 19 heavy (non-hydrogen) atoms. The third-order valence-electron chi connectivity index (χ3n) is 2.76. The Bertz CT molecular complexity index is 588. The molecule has 0 saturated heterocycles. The maximum atomic E-state index is 11.1. The second-order valence-electron chi connectivity index (χ2n) is 4.21. The highest BCUT2D eigenvalue weighted by atomic mass is 16.5. The first-order valence-electron chi connectivity index (χ1n) is 5.81. The van der Waals surface area contributed by atoms with Gasteiger partial charge in [-0.25, -0.2) is 4.79 Å². The Morgan fingerprint density at radius 3 is 2.47 bits per heavy atom. The number of phenols is 1. The van der Waals surface area contributed by atoms with Crippen molar-refractivity contribution in [1.82, 2.24) is 0 Å². The molecule has 0 aromatic heterocycles. The Morgan fingerprint density at radius 1 is 1.16 bits per heavy atom. The SMILES string of the molecule is Cc1cccc(C(=O)O)c1OCc1ccc(O)cc1. The number of carboxylic acid groups (broad SMARTS) is 1. The van der Waals surface area contributed by atoms with Gasteiger partial charge in [0.1, 0.15) is 23.7 Å². The molecule has 0 unspecified atom stereocenters. The Balaban J connectivity index is 2.19. The van der Waals surface area contributed by atoms with E-state index < -0.39 is 5.97 Å². The molecule has 2 N–H and O–H groups in total. The van der Waals surface area contributed by atoms with Crippen molar-refractivity contribution < 1.29 is 19.7 Å². The average molecular weight is 258 g/mol. The molecule has 0 saturated carbocycles. The van der Waals surface area contributed by atoms with Crippen LogP contribution < -0.4 is 4.74 Å². The van der Waals surface area contributed by atoms with Gasteiger partial charge in [-0.1, -0.05) is 24.3 Å². The Hall–Kier alpha value is -2.49. The fourth-order valence-electron chi connectivity index (χ4n) is 1.76. The van der Waals surface area contributed by atoms with Crippen LogP contribution >= 0.6 is 0 Å². The van der Waals surface area contributed by atoms with Gasteiger partial charge in [0.2, 0.25) is 0 Å². The van der Waals surface area contributed by atoms with Gasteiger partial charge in [-0.2, -0.15) is 0 Å². The molecule has 0 aliphatic carbocycles. The van der Waals surface area contributed by atoms with Crippen molar-refractivity contribution in [2.24, 2.45) is 0 Å². The summed E-state index contributed by atoms with van der Waals surface area (Å²) in [7, 11) is 0. The summed E-state index contributed by atoms with van der Waals surface area (Å²) in [5, 5.41) is 18.3. The normalized spacial score (nSPS) is 10.2. The third kappa shape index (κ3) is 3.04. The molecule has 0 aliphatic heterocycles. The Labute approximate surface area is 110 Å². The van der Waals surface area contributed by atoms with Crippen molar-refractivity contribution in [2.75, 3.05) is 0 Å². The molecule has 0 spiro atoms. The van der Waals surface area contributed by atoms with Crippen LogP contribution in [0.3, 0.4) is 0 Å². The molecule has 0 fully saturated rings. The van der Waals surface area contributed by atoms with Crippen LogP contribution in [0.2, 0.25) is 0 Å². The smallest absolute Gasteiger partial charge is 0.339 e. The van der Waals surface area contributed by atoms with E-state index in [-0.39, 0.29) is 17.9 Å². The predicted molar refractivity (Wildman–Crippen MR) is 70.6 cm³/mol. The highest BCUT2D eigenvalue weighted by Gasteiger charge is 2.13. The summed E-state index contributed by atoms with van der Waals surface area (Å²) in [5.74, 6) is -0.446. The van der Waals surface area contributed by atoms with Gasteiger partial charge in [-0.15, -0.1) is 0 Å². The third-order valence-corrected chi connectivity index (χ3v) is 2.76. The van der Waals surface area contributed by atoms with Crippen molar-refractivity contribution >= 4 is 5.97 Å². The van der Waals surface area contributed by atoms with Gasteiger partial charge in [0, 0.05) is 0 Å². The highest BCUT2D eigenvalue weighted by molar-refractivity contribution is 5.91. The van der Waals surface area contributed by atoms with Gasteiger partial charge in [-0.3, -0.25) is 0 Å². The summed E-state index contributed by atoms with van der Waals surface area (Å²) in [6.07, 6.45) is 0. The molecule has 0 bridgehead atoms. The number of rotatable bonds is 4. The lowest BCUT2D eigenvalue weighted by Gasteiger charge is -2.12. The summed E-state index contributed by atoms with van der Waals surface area (Å²) < 4.78 is 5.59. The molecule has 4 nitrogen and oxygen atoms in total. The number of aromatic hydroxyl groups is 1. The van der Waals surface area contributed by atoms with E-state index in [1.54, 1.807) is 43.3 Å². The van der Waals surface area contributed by atoms with Crippen molar-refractivity contribution in [1.29, 1.82) is 0 Å². The lowest BCUT2D eigenvalue weighted by atomic mass is 10.1. The number of carbonyl (C=O) groups is 1. The van der Waals surface area contributed by atoms with Crippen LogP contribution in [0.4, 0.5) is 0 Å². The molecule has 2 aromatic rings. The molecule has 0 heterocycles. The van der Waals surface area contributed by atoms with E-state index in [0.717, 1.165) is 11.1 Å². The van der Waals surface area contributed by atoms with Gasteiger partial charge in [0.25, 0.3) is 0 Å². The predicted octanol–water partition coefficient (Wildman–Crippen LogP) is 2.98. The molecule has 0 atom stereocenters. The van der Waals surface area contributed by atoms with Gasteiger partial charge < -0.3 is 14.9 Å². The lowest BCUT2D eigenvalue weighted by molar-refractivity contribution is 0.0691. The minimum absolute atomic E-state index is 0.152. The van der Waals surface area contributed by atoms with Crippen molar-refractivity contribution in [2.45, 2.75) is 13.5 Å². The molecule has 0 amide bonds. The molecular weight excluding hydrogens is 244 g/mol. The topological polar surface area (TPSA) is 66.8 Å². The number of carboxylic acids is 1. The van der Waals surface area contributed by atoms with Crippen LogP contribution in [0.5, 0.6) is 11.5 Å². The zero-order valence-electron chi connectivity index (χ0n) is 10.5. The van der Waals surface area contributed by atoms with Crippen LogP contribution in [0, 0.1) is 6.92 Å². The summed E-state index contributed by atoms with van der Waals surface area (Å²) in [4.78, 5) is 11.1. The van der Waals surface area contributed by atoms with Crippen molar-refractivity contribution in [3.05, 3.63) is 59.2 Å². The number of phenolic OH excluding ortho intramolecular Hbond substituents is 1. The second kappa shape index (κ2) is 5.44. The van der Waals surface area contributed by atoms with Gasteiger partial charge in [0.05, 0.1) is 0 Å². The Morgan fingerprint density at radius 2 is 1.84 bits per heavy atom. The van der Waals surface area contributed by atoms with Crippen molar-refractivity contribution in [3.63, 3.8) is 0 Å². The van der Waals surface area contributed by atoms with E-state index in [0.29, 0.717) is 5.75 Å². The summed E-state index contributed by atoms with van der Waals surface area (Å²) in [6.45, 7) is 2.06. The fraction of sp³-hybridized carbons (Fsp3) is 0.133. The molecule has 0 aliphatic rings. The first-order valence-corrected chi connectivity index (χ1v) is 5.81. The molecule has 98 valence electrons. The summed E-state index contributed by atoms with van der Waals surface area (Å²) >= 11 is 0. The minimum Gasteiger partial charge on any atom is -0.508 e. The Kier molecular flexibility index (Phi) is 3.71. The van der Waals surface area contributed by atoms with Gasteiger partial charge in [-0.05, 0) is 36.2 Å². The molecule has 2 aromatic carbocycles. The quantitative estimate of drug-likeness (QED) is 0.884. The first kappa shape index (κ1) is 13.0. The largest absolute Gasteiger partial charge is 0.508 e. The standard InChI is InChI=1S/C15H14O4/c1-10-3-2-4-13(15(17)18)14(10)19-9-11-5-7-12(16)8-6-11/h2-8,16H,9H2,1H3,(H,17,18). The maximum Gasteiger partial charge on any atom is 0.339 e. The maximum absolute atomic E-state index is 11.1. The van der Waals surface area contributed by atoms with Gasteiger partial charge >= 0.3 is 5.97 Å². The van der Waals surface area contributed by atoms with E-state index in [1.807, 2.05) is 0 Å². The zero-order valence-corrected chi connectivity index (χ0v) is 10.5. The number of aromatic carboxylic acids is 1. The number of hydrogen-bond acceptors (Lipinski definition) is 3. The minimum atomic E-state index is -1.01. The van der Waals surface area contributed by atoms with Crippen LogP contribution in [0.25, 0.3) is 0 Å². The highest BCUT2D eigenvalue weighted by Crippen LogP contribution is 2.24. The number of ether oxygens (including phenoxy) is 1. The van der Waals surface area contributed by atoms with E-state index in [2.05, 4.69) is 0 Å². The number of benzene rings is 2. The monoisotopic (exact) mass is 258 g/mol. The molecular formula is C15H14O4. The van der Waals surface area contributed by atoms with E-state index in [9.17, 15) is 9.90 Å². The zero-order chi connectivity index (χ0) is 13.8. The number of hydrogen-bond donors (Lipinski definition) is 2. The van der Waals surface area contributed by atoms with E-state index in [4.69, 9.17) is 9.84 Å². The first-order chi connectivity index (χ1) is 9.08. The number of aryl methyl sites for hydroxylation is 1. The fourth-order valence-corrected chi connectivity index (χ4v) is 1.76. The summed E-state index contributed by atoms with van der Waals surface area (Å²) in [5.41, 5.74) is 1.79. The second-order valence-corrected chi connectivity index (χ2v) is 4.21. The molecule has 0 radical (unpaired) electrons. The van der Waals surface area contributed by atoms with Crippen molar-refractivity contribution in [3.8, 4) is 11.5 Å². The number of para-hydroxylation sites is 1. The average Bonchev–Trinajstić information content (AvgIpc) is 2.39. The molecule has 2 rings (SSSR count). The van der Waals surface area contributed by atoms with Crippen LogP contribution in [-0.4, -0.2) is 16.2 Å². The molecule has 4 heteroatoms. The lowest BCUT2D eigenvalue weighted by Crippen LogP contribution is -2.04. The van der Waals surface area contributed by atoms with Crippen LogP contribution in [0.1, 0.15) is 21.5 Å². The van der Waals surface area contributed by atoms with Gasteiger partial charge in [0.15, 0.2) is 0 Å². The van der Waals surface area contributed by atoms with E-state index >= 15 is 0 Å².